The Morgan fingerprint density at radius 3 is 2.97 bits per heavy atom. The van der Waals surface area contributed by atoms with Gasteiger partial charge >= 0.3 is 0 Å². The Hall–Kier alpha value is -2.58. The number of fused-ring (bicyclic) bond motifs is 1. The molecule has 0 saturated carbocycles. The van der Waals surface area contributed by atoms with E-state index in [2.05, 4.69) is 47.7 Å². The van der Waals surface area contributed by atoms with Crippen molar-refractivity contribution in [3.8, 4) is 5.75 Å². The van der Waals surface area contributed by atoms with Crippen LogP contribution in [0.2, 0.25) is 0 Å². The molecule has 0 atom stereocenters. The van der Waals surface area contributed by atoms with Crippen LogP contribution in [0.25, 0.3) is 4.96 Å². The molecule has 0 saturated heterocycles. The van der Waals surface area contributed by atoms with Gasteiger partial charge in [0, 0.05) is 50.0 Å². The SMILES string of the molecule is CCNC(=NCc1ccc(C)cc1OCCCOC)NCc1cn2ccsc2n1. The summed E-state index contributed by atoms with van der Waals surface area (Å²) in [5.74, 6) is 1.64. The van der Waals surface area contributed by atoms with E-state index in [1.807, 2.05) is 22.2 Å². The minimum absolute atomic E-state index is 0.535. The first-order valence-corrected chi connectivity index (χ1v) is 10.7. The topological polar surface area (TPSA) is 72.2 Å². The number of nitrogens with one attached hydrogen (secondary N) is 2. The lowest BCUT2D eigenvalue weighted by atomic mass is 10.1. The first-order chi connectivity index (χ1) is 14.2. The molecule has 2 heterocycles. The lowest BCUT2D eigenvalue weighted by molar-refractivity contribution is 0.172. The smallest absolute Gasteiger partial charge is 0.193 e. The average molecular weight is 416 g/mol. The standard InChI is InChI=1S/C21H29N5O2S/c1-4-22-20(24-14-18-15-26-8-11-29-21(26)25-18)23-13-17-7-6-16(2)12-19(17)28-10-5-9-27-3/h6-8,11-12,15H,4-5,9-10,13-14H2,1-3H3,(H2,22,23,24). The molecule has 3 rings (SSSR count). The molecule has 0 aliphatic carbocycles. The third kappa shape index (κ3) is 6.20. The summed E-state index contributed by atoms with van der Waals surface area (Å²) in [6.07, 6.45) is 4.91. The van der Waals surface area contributed by atoms with Gasteiger partial charge in [-0.25, -0.2) is 9.98 Å². The van der Waals surface area contributed by atoms with E-state index >= 15 is 0 Å². The molecule has 0 unspecified atom stereocenters. The van der Waals surface area contributed by atoms with Gasteiger partial charge in [-0.05, 0) is 25.5 Å². The highest BCUT2D eigenvalue weighted by molar-refractivity contribution is 7.15. The zero-order valence-electron chi connectivity index (χ0n) is 17.3. The molecule has 156 valence electrons. The van der Waals surface area contributed by atoms with Crippen molar-refractivity contribution in [2.24, 2.45) is 4.99 Å². The summed E-state index contributed by atoms with van der Waals surface area (Å²) in [4.78, 5) is 10.3. The molecule has 0 aliphatic rings. The van der Waals surface area contributed by atoms with Gasteiger partial charge in [0.25, 0.3) is 0 Å². The molecule has 0 aliphatic heterocycles. The third-order valence-corrected chi connectivity index (χ3v) is 5.08. The molecular formula is C21H29N5O2S. The maximum absolute atomic E-state index is 5.96. The number of hydrogen-bond acceptors (Lipinski definition) is 5. The highest BCUT2D eigenvalue weighted by Crippen LogP contribution is 2.21. The molecule has 2 aromatic heterocycles. The number of ether oxygens (including phenoxy) is 2. The van der Waals surface area contributed by atoms with Crippen molar-refractivity contribution in [2.75, 3.05) is 26.9 Å². The molecule has 0 fully saturated rings. The summed E-state index contributed by atoms with van der Waals surface area (Å²) in [5.41, 5.74) is 3.22. The minimum atomic E-state index is 0.535. The van der Waals surface area contributed by atoms with E-state index in [9.17, 15) is 0 Å². The summed E-state index contributed by atoms with van der Waals surface area (Å²) in [6, 6.07) is 6.23. The highest BCUT2D eigenvalue weighted by Gasteiger charge is 2.07. The zero-order chi connectivity index (χ0) is 20.5. The number of nitrogens with zero attached hydrogens (tertiary/aromatic N) is 3. The number of methoxy groups -OCH3 is 1. The van der Waals surface area contributed by atoms with Crippen LogP contribution in [0.4, 0.5) is 0 Å². The van der Waals surface area contributed by atoms with Crippen LogP contribution < -0.4 is 15.4 Å². The molecule has 29 heavy (non-hydrogen) atoms. The Morgan fingerprint density at radius 1 is 1.28 bits per heavy atom. The fourth-order valence-corrected chi connectivity index (χ4v) is 3.57. The van der Waals surface area contributed by atoms with Gasteiger partial charge in [0.1, 0.15) is 5.75 Å². The van der Waals surface area contributed by atoms with Gasteiger partial charge in [0.2, 0.25) is 0 Å². The molecule has 3 aromatic rings. The number of guanidine groups is 1. The lowest BCUT2D eigenvalue weighted by Gasteiger charge is -2.13. The number of aliphatic imine (C=N–C) groups is 1. The predicted octanol–water partition coefficient (Wildman–Crippen LogP) is 3.37. The van der Waals surface area contributed by atoms with Gasteiger partial charge in [-0.15, -0.1) is 11.3 Å². The Morgan fingerprint density at radius 2 is 2.17 bits per heavy atom. The van der Waals surface area contributed by atoms with Crippen LogP contribution in [-0.4, -0.2) is 42.2 Å². The van der Waals surface area contributed by atoms with Crippen molar-refractivity contribution in [1.29, 1.82) is 0 Å². The van der Waals surface area contributed by atoms with Crippen molar-refractivity contribution < 1.29 is 9.47 Å². The van der Waals surface area contributed by atoms with E-state index in [-0.39, 0.29) is 0 Å². The molecule has 1 aromatic carbocycles. The molecule has 7 nitrogen and oxygen atoms in total. The van der Waals surface area contributed by atoms with Gasteiger partial charge < -0.3 is 20.1 Å². The molecule has 8 heteroatoms. The third-order valence-electron chi connectivity index (χ3n) is 4.30. The zero-order valence-corrected chi connectivity index (χ0v) is 18.1. The Bertz CT molecular complexity index is 906. The maximum atomic E-state index is 5.96. The number of hydrogen-bond donors (Lipinski definition) is 2. The van der Waals surface area contributed by atoms with Crippen LogP contribution in [0.1, 0.15) is 30.2 Å². The van der Waals surface area contributed by atoms with Crippen LogP contribution >= 0.6 is 11.3 Å². The summed E-state index contributed by atoms with van der Waals surface area (Å²) < 4.78 is 13.1. The van der Waals surface area contributed by atoms with E-state index in [0.29, 0.717) is 26.3 Å². The lowest BCUT2D eigenvalue weighted by Crippen LogP contribution is -2.36. The molecular weight excluding hydrogens is 386 g/mol. The first kappa shape index (κ1) is 21.1. The molecule has 0 spiro atoms. The first-order valence-electron chi connectivity index (χ1n) is 9.84. The van der Waals surface area contributed by atoms with E-state index < -0.39 is 0 Å². The Labute approximate surface area is 175 Å². The van der Waals surface area contributed by atoms with E-state index in [0.717, 1.165) is 40.9 Å². The number of imidazole rings is 1. The summed E-state index contributed by atoms with van der Waals surface area (Å²) in [7, 11) is 1.70. The van der Waals surface area contributed by atoms with Gasteiger partial charge in [-0.3, -0.25) is 4.40 Å². The van der Waals surface area contributed by atoms with Crippen molar-refractivity contribution >= 4 is 22.3 Å². The normalized spacial score (nSPS) is 11.8. The van der Waals surface area contributed by atoms with Crippen molar-refractivity contribution in [3.05, 3.63) is 52.8 Å². The second kappa shape index (κ2) is 10.8. The minimum Gasteiger partial charge on any atom is -0.493 e. The Balaban J connectivity index is 1.63. The number of rotatable bonds is 10. The van der Waals surface area contributed by atoms with E-state index in [1.54, 1.807) is 18.4 Å². The molecule has 0 amide bonds. The van der Waals surface area contributed by atoms with Crippen LogP contribution in [0.5, 0.6) is 5.75 Å². The molecule has 0 radical (unpaired) electrons. The number of thiazole rings is 1. The maximum Gasteiger partial charge on any atom is 0.193 e. The van der Waals surface area contributed by atoms with Crippen LogP contribution in [0.15, 0.2) is 41.0 Å². The summed E-state index contributed by atoms with van der Waals surface area (Å²) in [5, 5.41) is 8.68. The highest BCUT2D eigenvalue weighted by atomic mass is 32.1. The quantitative estimate of drug-likeness (QED) is 0.302. The largest absolute Gasteiger partial charge is 0.493 e. The fraction of sp³-hybridized carbons (Fsp3) is 0.429. The predicted molar refractivity (Wildman–Crippen MR) is 118 cm³/mol. The van der Waals surface area contributed by atoms with Crippen molar-refractivity contribution in [3.63, 3.8) is 0 Å². The van der Waals surface area contributed by atoms with E-state index in [1.165, 1.54) is 5.56 Å². The van der Waals surface area contributed by atoms with Crippen LogP contribution in [-0.2, 0) is 17.8 Å². The average Bonchev–Trinajstić information content (AvgIpc) is 3.30. The van der Waals surface area contributed by atoms with Crippen molar-refractivity contribution in [1.82, 2.24) is 20.0 Å². The van der Waals surface area contributed by atoms with Gasteiger partial charge in [-0.1, -0.05) is 12.1 Å². The second-order valence-electron chi connectivity index (χ2n) is 6.68. The molecule has 2 N–H and O–H groups in total. The van der Waals surface area contributed by atoms with E-state index in [4.69, 9.17) is 14.5 Å². The van der Waals surface area contributed by atoms with Gasteiger partial charge in [0.15, 0.2) is 10.9 Å². The number of aryl methyl sites for hydroxylation is 1. The Kier molecular flexibility index (Phi) is 7.89. The fourth-order valence-electron chi connectivity index (χ4n) is 2.85. The second-order valence-corrected chi connectivity index (χ2v) is 7.55. The van der Waals surface area contributed by atoms with Crippen LogP contribution in [0.3, 0.4) is 0 Å². The van der Waals surface area contributed by atoms with Crippen molar-refractivity contribution in [2.45, 2.75) is 33.4 Å². The van der Waals surface area contributed by atoms with Crippen LogP contribution in [0, 0.1) is 6.92 Å². The summed E-state index contributed by atoms with van der Waals surface area (Å²) in [6.45, 7) is 7.39. The number of benzene rings is 1. The monoisotopic (exact) mass is 415 g/mol. The number of aromatic nitrogens is 2. The molecule has 0 bridgehead atoms. The summed E-state index contributed by atoms with van der Waals surface area (Å²) >= 11 is 1.63. The van der Waals surface area contributed by atoms with Gasteiger partial charge in [0.05, 0.1) is 25.4 Å². The van der Waals surface area contributed by atoms with Gasteiger partial charge in [-0.2, -0.15) is 0 Å².